The smallest absolute Gasteiger partial charge is 0.410 e. The molecule has 0 radical (unpaired) electrons. The van der Waals surface area contributed by atoms with Gasteiger partial charge in [0.1, 0.15) is 23.6 Å². The van der Waals surface area contributed by atoms with Crippen LogP contribution in [0.3, 0.4) is 0 Å². The van der Waals surface area contributed by atoms with Crippen molar-refractivity contribution >= 4 is 6.09 Å². The van der Waals surface area contributed by atoms with Gasteiger partial charge in [-0.05, 0) is 35.6 Å². The summed E-state index contributed by atoms with van der Waals surface area (Å²) in [5, 5.41) is 0. The van der Waals surface area contributed by atoms with Crippen LogP contribution in [0.2, 0.25) is 0 Å². The predicted octanol–water partition coefficient (Wildman–Crippen LogP) is 6.19. The van der Waals surface area contributed by atoms with E-state index in [1.165, 1.54) is 0 Å². The largest absolute Gasteiger partial charge is 0.444 e. The Bertz CT molecular complexity index is 1140. The highest BCUT2D eigenvalue weighted by Crippen LogP contribution is 2.41. The molecule has 3 aromatic rings. The second kappa shape index (κ2) is 8.96. The first kappa shape index (κ1) is 23.0. The normalized spacial score (nSPS) is 17.3. The van der Waals surface area contributed by atoms with E-state index < -0.39 is 17.7 Å². The van der Waals surface area contributed by atoms with Gasteiger partial charge in [0.15, 0.2) is 0 Å². The van der Waals surface area contributed by atoms with Crippen LogP contribution >= 0.6 is 0 Å². The quantitative estimate of drug-likeness (QED) is 0.447. The fourth-order valence-electron chi connectivity index (χ4n) is 4.34. The first-order chi connectivity index (χ1) is 15.7. The topological polar surface area (TPSA) is 47.4 Å². The number of cyclic esters (lactones) is 1. The number of ether oxygens (including phenoxy) is 1. The third-order valence-corrected chi connectivity index (χ3v) is 5.94. The lowest BCUT2D eigenvalue weighted by atomic mass is 9.85. The van der Waals surface area contributed by atoms with E-state index in [0.29, 0.717) is 24.6 Å². The Kier molecular flexibility index (Phi) is 6.23. The van der Waals surface area contributed by atoms with E-state index in [9.17, 15) is 13.6 Å². The maximum absolute atomic E-state index is 14.6. The van der Waals surface area contributed by atoms with Crippen LogP contribution in [-0.4, -0.2) is 33.2 Å². The molecule has 7 heteroatoms. The summed E-state index contributed by atoms with van der Waals surface area (Å²) >= 11 is 0. The molecule has 0 spiro atoms. The van der Waals surface area contributed by atoms with E-state index in [1.807, 2.05) is 62.6 Å². The Morgan fingerprint density at radius 3 is 2.52 bits per heavy atom. The Morgan fingerprint density at radius 1 is 1.15 bits per heavy atom. The lowest BCUT2D eigenvalue weighted by molar-refractivity contribution is 0.103. The zero-order valence-electron chi connectivity index (χ0n) is 19.4. The molecule has 1 fully saturated rings. The maximum Gasteiger partial charge on any atom is 0.410 e. The van der Waals surface area contributed by atoms with Crippen LogP contribution in [0.1, 0.15) is 51.5 Å². The van der Waals surface area contributed by atoms with Crippen LogP contribution in [-0.2, 0) is 11.3 Å². The highest BCUT2D eigenvalue weighted by molar-refractivity contribution is 5.71. The van der Waals surface area contributed by atoms with Crippen LogP contribution in [0.25, 0.3) is 11.3 Å². The minimum absolute atomic E-state index is 0.0890. The van der Waals surface area contributed by atoms with Gasteiger partial charge in [0.05, 0.1) is 18.3 Å². The van der Waals surface area contributed by atoms with Crippen molar-refractivity contribution in [2.45, 2.75) is 52.8 Å². The summed E-state index contributed by atoms with van der Waals surface area (Å²) in [4.78, 5) is 19.3. The molecule has 2 aromatic carbocycles. The number of hydrogen-bond donors (Lipinski definition) is 0. The number of aromatic nitrogens is 2. The van der Waals surface area contributed by atoms with Crippen molar-refractivity contribution in [3.05, 3.63) is 77.8 Å². The highest BCUT2D eigenvalue weighted by atomic mass is 19.1. The van der Waals surface area contributed by atoms with E-state index in [-0.39, 0.29) is 23.2 Å². The van der Waals surface area contributed by atoms with E-state index >= 15 is 0 Å². The van der Waals surface area contributed by atoms with Crippen LogP contribution in [0.5, 0.6) is 0 Å². The standard InChI is InChI=1S/C26H29F2N3O2/c1-5-19-15-31(25(32)33-19)23(26(2,3)4)24-29-22(20-13-18(27)11-12-21(20)28)16-30(24)14-17-9-7-6-8-10-17/h6-13,16,19,23H,5,14-15H2,1-4H3/t19-,23+/m1/s1. The SMILES string of the molecule is CC[C@@H]1CN([C@@H](c2nc(-c3cc(F)ccc3F)cn2Cc2ccccc2)C(C)(C)C)C(=O)O1. The molecule has 2 atom stereocenters. The molecule has 2 heterocycles. The van der Waals surface area contributed by atoms with Crippen molar-refractivity contribution in [1.29, 1.82) is 0 Å². The van der Waals surface area contributed by atoms with Gasteiger partial charge in [0.2, 0.25) is 0 Å². The number of carbonyl (C=O) groups is 1. The molecule has 4 rings (SSSR count). The van der Waals surface area contributed by atoms with Gasteiger partial charge < -0.3 is 9.30 Å². The van der Waals surface area contributed by atoms with Crippen molar-refractivity contribution in [3.63, 3.8) is 0 Å². The average Bonchev–Trinajstić information content (AvgIpc) is 3.33. The minimum Gasteiger partial charge on any atom is -0.444 e. The Hall–Kier alpha value is -3.22. The van der Waals surface area contributed by atoms with Crippen LogP contribution in [0, 0.1) is 17.0 Å². The Labute approximate surface area is 193 Å². The van der Waals surface area contributed by atoms with Crippen molar-refractivity contribution in [1.82, 2.24) is 14.5 Å². The van der Waals surface area contributed by atoms with E-state index in [0.717, 1.165) is 30.2 Å². The first-order valence-corrected chi connectivity index (χ1v) is 11.2. The van der Waals surface area contributed by atoms with Crippen LogP contribution < -0.4 is 0 Å². The fourth-order valence-corrected chi connectivity index (χ4v) is 4.34. The first-order valence-electron chi connectivity index (χ1n) is 11.2. The summed E-state index contributed by atoms with van der Waals surface area (Å²) < 4.78 is 36.0. The second-order valence-electron chi connectivity index (χ2n) is 9.56. The third kappa shape index (κ3) is 4.77. The van der Waals surface area contributed by atoms with Crippen LogP contribution in [0.15, 0.2) is 54.7 Å². The molecule has 1 aliphatic heterocycles. The van der Waals surface area contributed by atoms with Crippen molar-refractivity contribution in [2.24, 2.45) is 5.41 Å². The van der Waals surface area contributed by atoms with E-state index in [2.05, 4.69) is 0 Å². The molecule has 174 valence electrons. The van der Waals surface area contributed by atoms with Gasteiger partial charge in [-0.15, -0.1) is 0 Å². The van der Waals surface area contributed by atoms with Crippen LogP contribution in [0.4, 0.5) is 13.6 Å². The number of nitrogens with zero attached hydrogens (tertiary/aromatic N) is 3. The summed E-state index contributed by atoms with van der Waals surface area (Å²) in [6.07, 6.45) is 1.89. The lowest BCUT2D eigenvalue weighted by Gasteiger charge is -2.36. The Morgan fingerprint density at radius 2 is 1.88 bits per heavy atom. The van der Waals surface area contributed by atoms with Gasteiger partial charge in [-0.2, -0.15) is 0 Å². The monoisotopic (exact) mass is 453 g/mol. The molecule has 1 saturated heterocycles. The summed E-state index contributed by atoms with van der Waals surface area (Å²) in [7, 11) is 0. The molecule has 33 heavy (non-hydrogen) atoms. The van der Waals surface area contributed by atoms with Gasteiger partial charge in [-0.25, -0.2) is 18.6 Å². The second-order valence-corrected chi connectivity index (χ2v) is 9.56. The molecule has 0 N–H and O–H groups in total. The minimum atomic E-state index is -0.550. The molecular weight excluding hydrogens is 424 g/mol. The predicted molar refractivity (Wildman–Crippen MR) is 123 cm³/mol. The molecule has 0 unspecified atom stereocenters. The third-order valence-electron chi connectivity index (χ3n) is 5.94. The molecule has 1 aromatic heterocycles. The van der Waals surface area contributed by atoms with E-state index in [1.54, 1.807) is 11.1 Å². The average molecular weight is 454 g/mol. The maximum atomic E-state index is 14.6. The van der Waals surface area contributed by atoms with Crippen molar-refractivity contribution < 1.29 is 18.3 Å². The number of hydrogen-bond acceptors (Lipinski definition) is 3. The number of benzene rings is 2. The lowest BCUT2D eigenvalue weighted by Crippen LogP contribution is -2.39. The zero-order valence-corrected chi connectivity index (χ0v) is 19.4. The van der Waals surface area contributed by atoms with Crippen molar-refractivity contribution in [3.8, 4) is 11.3 Å². The molecule has 5 nitrogen and oxygen atoms in total. The number of imidazole rings is 1. The summed E-state index contributed by atoms with van der Waals surface area (Å²) in [5.41, 5.74) is 1.06. The molecule has 1 aliphatic rings. The number of amides is 1. The number of halogens is 2. The van der Waals surface area contributed by atoms with Gasteiger partial charge in [-0.3, -0.25) is 4.90 Å². The molecule has 1 amide bonds. The summed E-state index contributed by atoms with van der Waals surface area (Å²) in [6.45, 7) is 9.03. The van der Waals surface area contributed by atoms with Gasteiger partial charge >= 0.3 is 6.09 Å². The molecule has 0 saturated carbocycles. The van der Waals surface area contributed by atoms with Crippen molar-refractivity contribution in [2.75, 3.05) is 6.54 Å². The summed E-state index contributed by atoms with van der Waals surface area (Å²) in [5.74, 6) is -0.475. The molecule has 0 bridgehead atoms. The van der Waals surface area contributed by atoms with Gasteiger partial charge in [0.25, 0.3) is 0 Å². The number of rotatable bonds is 6. The highest BCUT2D eigenvalue weighted by Gasteiger charge is 2.43. The molecular formula is C26H29F2N3O2. The fraction of sp³-hybridized carbons (Fsp3) is 0.385. The molecule has 0 aliphatic carbocycles. The Balaban J connectivity index is 1.85. The van der Waals surface area contributed by atoms with E-state index in [4.69, 9.17) is 9.72 Å². The summed E-state index contributed by atoms with van der Waals surface area (Å²) in [6, 6.07) is 12.7. The van der Waals surface area contributed by atoms with Gasteiger partial charge in [-0.1, -0.05) is 58.0 Å². The van der Waals surface area contributed by atoms with Gasteiger partial charge in [0, 0.05) is 18.3 Å². The zero-order chi connectivity index (χ0) is 23.8. The number of carbonyl (C=O) groups excluding carboxylic acids is 1.